The quantitative estimate of drug-likeness (QED) is 0.319. The van der Waals surface area contributed by atoms with Crippen LogP contribution < -0.4 is 10.8 Å². The molecule has 35 heavy (non-hydrogen) atoms. The number of pyridine rings is 1. The van der Waals surface area contributed by atoms with Crippen molar-refractivity contribution in [2.24, 2.45) is 5.92 Å². The lowest BCUT2D eigenvalue weighted by Gasteiger charge is -2.18. The zero-order valence-electron chi connectivity index (χ0n) is 18.0. The van der Waals surface area contributed by atoms with Crippen LogP contribution in [0.5, 0.6) is 0 Å². The minimum atomic E-state index is -4.64. The number of hydrogen-bond donors (Lipinski definition) is 4. The number of aromatic nitrogens is 2. The van der Waals surface area contributed by atoms with Gasteiger partial charge in [-0.1, -0.05) is 18.2 Å². The maximum atomic E-state index is 13.5. The Morgan fingerprint density at radius 2 is 1.80 bits per heavy atom. The summed E-state index contributed by atoms with van der Waals surface area (Å²) in [5.74, 6) is -2.42. The summed E-state index contributed by atoms with van der Waals surface area (Å²) in [5.41, 5.74) is 1.49. The average Bonchev–Trinajstić information content (AvgIpc) is 3.41. The first-order valence-electron chi connectivity index (χ1n) is 10.4. The Hall–Kier alpha value is -4.13. The van der Waals surface area contributed by atoms with Crippen molar-refractivity contribution < 1.29 is 37.9 Å². The molecule has 0 unspecified atom stereocenters. The van der Waals surface area contributed by atoms with Crippen LogP contribution in [0.15, 0.2) is 48.7 Å². The van der Waals surface area contributed by atoms with Gasteiger partial charge in [0.1, 0.15) is 0 Å². The monoisotopic (exact) mass is 491 g/mol. The number of halogens is 3. The first-order valence-corrected chi connectivity index (χ1v) is 10.4. The Morgan fingerprint density at radius 3 is 2.43 bits per heavy atom. The molecule has 1 fully saturated rings. The molecule has 1 saturated heterocycles. The lowest BCUT2D eigenvalue weighted by molar-refractivity contribution is -0.141. The van der Waals surface area contributed by atoms with Crippen LogP contribution in [-0.4, -0.2) is 61.9 Å². The lowest BCUT2D eigenvalue weighted by Crippen LogP contribution is -2.45. The average molecular weight is 491 g/mol. The van der Waals surface area contributed by atoms with Gasteiger partial charge in [-0.2, -0.15) is 18.3 Å². The van der Waals surface area contributed by atoms with Crippen LogP contribution >= 0.6 is 0 Å². The SMILES string of the molecule is O=C(N[C@@H]1CN(C(=O)O)C[C@@H]1C(=O)NO)c1ccc(Cc2c(C(F)(F)F)nn3ccccc23)cc1. The number of nitrogens with zero attached hydrogens (tertiary/aromatic N) is 3. The van der Waals surface area contributed by atoms with Gasteiger partial charge in [0.15, 0.2) is 5.69 Å². The second kappa shape index (κ2) is 9.25. The number of amides is 3. The van der Waals surface area contributed by atoms with E-state index in [9.17, 15) is 27.6 Å². The van der Waals surface area contributed by atoms with Crippen molar-refractivity contribution in [3.05, 3.63) is 71.0 Å². The number of carbonyl (C=O) groups excluding carboxylic acids is 2. The fourth-order valence-corrected chi connectivity index (χ4v) is 4.14. The van der Waals surface area contributed by atoms with Gasteiger partial charge >= 0.3 is 12.3 Å². The smallest absolute Gasteiger partial charge is 0.435 e. The van der Waals surface area contributed by atoms with Crippen LogP contribution in [0.4, 0.5) is 18.0 Å². The Balaban J connectivity index is 1.51. The van der Waals surface area contributed by atoms with E-state index in [0.29, 0.717) is 11.1 Å². The number of benzene rings is 1. The van der Waals surface area contributed by atoms with Gasteiger partial charge in [-0.3, -0.25) is 14.8 Å². The third-order valence-electron chi connectivity index (χ3n) is 5.86. The molecule has 0 saturated carbocycles. The highest BCUT2D eigenvalue weighted by molar-refractivity contribution is 5.95. The molecule has 3 heterocycles. The molecule has 2 aromatic heterocycles. The van der Waals surface area contributed by atoms with Gasteiger partial charge in [-0.25, -0.2) is 14.8 Å². The van der Waals surface area contributed by atoms with Gasteiger partial charge in [0.05, 0.1) is 17.5 Å². The maximum Gasteiger partial charge on any atom is 0.435 e. The normalized spacial score (nSPS) is 18.0. The van der Waals surface area contributed by atoms with Crippen molar-refractivity contribution in [1.29, 1.82) is 0 Å². The Kier molecular flexibility index (Phi) is 6.35. The highest BCUT2D eigenvalue weighted by atomic mass is 19.4. The van der Waals surface area contributed by atoms with Crippen molar-refractivity contribution in [2.75, 3.05) is 13.1 Å². The summed E-state index contributed by atoms with van der Waals surface area (Å²) >= 11 is 0. The molecule has 0 aliphatic carbocycles. The third kappa shape index (κ3) is 4.89. The molecule has 4 N–H and O–H groups in total. The molecule has 0 radical (unpaired) electrons. The summed E-state index contributed by atoms with van der Waals surface area (Å²) in [6.45, 7) is -0.348. The molecule has 0 bridgehead atoms. The molecule has 2 atom stereocenters. The zero-order chi connectivity index (χ0) is 25.3. The standard InChI is InChI=1S/C22H20F3N5O5/c23-22(24,25)18-14(17-3-1-2-8-30(17)27-18)9-12-4-6-13(7-5-12)19(31)26-16-11-29(21(33)34)10-15(16)20(32)28-35/h1-8,15-16,35H,9-11H2,(H,26,31)(H,28,32)(H,33,34)/t15-,16+/m0/s1. The summed E-state index contributed by atoms with van der Waals surface area (Å²) in [6, 6.07) is 9.73. The fraction of sp³-hybridized carbons (Fsp3) is 0.273. The van der Waals surface area contributed by atoms with Crippen LogP contribution in [0.1, 0.15) is 27.2 Å². The number of carboxylic acid groups (broad SMARTS) is 1. The molecular formula is C22H20F3N5O5. The topological polar surface area (TPSA) is 136 Å². The lowest BCUT2D eigenvalue weighted by atomic mass is 10.0. The molecule has 4 rings (SSSR count). The predicted molar refractivity (Wildman–Crippen MR) is 114 cm³/mol. The number of rotatable bonds is 5. The first kappa shape index (κ1) is 24.0. The van der Waals surface area contributed by atoms with Crippen molar-refractivity contribution >= 4 is 23.4 Å². The van der Waals surface area contributed by atoms with Crippen LogP contribution in [0.3, 0.4) is 0 Å². The molecule has 3 amide bonds. The largest absolute Gasteiger partial charge is 0.465 e. The molecule has 13 heteroatoms. The van der Waals surface area contributed by atoms with Gasteiger partial charge in [0.25, 0.3) is 5.91 Å². The number of hydrogen-bond acceptors (Lipinski definition) is 5. The van der Waals surface area contributed by atoms with Gasteiger partial charge in [0.2, 0.25) is 5.91 Å². The van der Waals surface area contributed by atoms with Gasteiger partial charge in [-0.05, 0) is 29.8 Å². The molecule has 1 aliphatic rings. The molecule has 1 aromatic carbocycles. The summed E-state index contributed by atoms with van der Waals surface area (Å²) in [7, 11) is 0. The van der Waals surface area contributed by atoms with Gasteiger partial charge in [0, 0.05) is 36.8 Å². The molecule has 184 valence electrons. The van der Waals surface area contributed by atoms with E-state index >= 15 is 0 Å². The number of likely N-dealkylation sites (tertiary alicyclic amines) is 1. The maximum absolute atomic E-state index is 13.5. The van der Waals surface area contributed by atoms with E-state index in [-0.39, 0.29) is 30.6 Å². The highest BCUT2D eigenvalue weighted by Gasteiger charge is 2.41. The number of hydroxylamine groups is 1. The van der Waals surface area contributed by atoms with Gasteiger partial charge in [-0.15, -0.1) is 0 Å². The van der Waals surface area contributed by atoms with E-state index in [4.69, 9.17) is 10.3 Å². The molecule has 1 aliphatic heterocycles. The second-order valence-corrected chi connectivity index (χ2v) is 8.08. The van der Waals surface area contributed by atoms with E-state index in [1.807, 2.05) is 0 Å². The minimum absolute atomic E-state index is 0.00729. The van der Waals surface area contributed by atoms with E-state index in [1.165, 1.54) is 40.5 Å². The molecule has 0 spiro atoms. The fourth-order valence-electron chi connectivity index (χ4n) is 4.14. The van der Waals surface area contributed by atoms with Crippen LogP contribution in [0.2, 0.25) is 0 Å². The predicted octanol–water partition coefficient (Wildman–Crippen LogP) is 2.16. The summed E-state index contributed by atoms with van der Waals surface area (Å²) < 4.78 is 41.8. The van der Waals surface area contributed by atoms with Crippen molar-refractivity contribution in [3.63, 3.8) is 0 Å². The molecular weight excluding hydrogens is 471 g/mol. The van der Waals surface area contributed by atoms with Crippen molar-refractivity contribution in [3.8, 4) is 0 Å². The molecule has 10 nitrogen and oxygen atoms in total. The van der Waals surface area contributed by atoms with E-state index < -0.39 is 41.7 Å². The summed E-state index contributed by atoms with van der Waals surface area (Å²) in [5, 5.41) is 24.3. The number of fused-ring (bicyclic) bond motifs is 1. The Bertz CT molecular complexity index is 1270. The molecule has 3 aromatic rings. The first-order chi connectivity index (χ1) is 16.6. The third-order valence-corrected chi connectivity index (χ3v) is 5.86. The Labute approximate surface area is 195 Å². The van der Waals surface area contributed by atoms with E-state index in [0.717, 1.165) is 4.90 Å². The summed E-state index contributed by atoms with van der Waals surface area (Å²) in [4.78, 5) is 36.8. The van der Waals surface area contributed by atoms with Crippen LogP contribution in [0, 0.1) is 5.92 Å². The van der Waals surface area contributed by atoms with Gasteiger partial charge < -0.3 is 15.3 Å². The number of carbonyl (C=O) groups is 3. The van der Waals surface area contributed by atoms with E-state index in [2.05, 4.69) is 10.4 Å². The van der Waals surface area contributed by atoms with Crippen LogP contribution in [-0.2, 0) is 17.4 Å². The minimum Gasteiger partial charge on any atom is -0.465 e. The Morgan fingerprint density at radius 1 is 1.09 bits per heavy atom. The van der Waals surface area contributed by atoms with Crippen molar-refractivity contribution in [2.45, 2.75) is 18.6 Å². The van der Waals surface area contributed by atoms with E-state index in [1.54, 1.807) is 18.2 Å². The number of alkyl halides is 3. The zero-order valence-corrected chi connectivity index (χ0v) is 18.0. The van der Waals surface area contributed by atoms with Crippen molar-refractivity contribution in [1.82, 2.24) is 25.3 Å². The number of nitrogens with one attached hydrogen (secondary N) is 2. The second-order valence-electron chi connectivity index (χ2n) is 8.08. The summed E-state index contributed by atoms with van der Waals surface area (Å²) in [6.07, 6.45) is -4.55. The van der Waals surface area contributed by atoms with Crippen LogP contribution in [0.25, 0.3) is 5.52 Å². The highest BCUT2D eigenvalue weighted by Crippen LogP contribution is 2.34.